The topological polar surface area (TPSA) is 102 Å². The van der Waals surface area contributed by atoms with Gasteiger partial charge in [0.2, 0.25) is 5.78 Å². The number of carbonyl (C=O) groups excluding carboxylic acids is 2. The van der Waals surface area contributed by atoms with Crippen LogP contribution in [-0.4, -0.2) is 35.0 Å². The van der Waals surface area contributed by atoms with Crippen molar-refractivity contribution in [1.29, 1.82) is 0 Å². The number of rotatable bonds is 9. The summed E-state index contributed by atoms with van der Waals surface area (Å²) in [4.78, 5) is 33.0. The van der Waals surface area contributed by atoms with E-state index in [9.17, 15) is 14.7 Å². The van der Waals surface area contributed by atoms with Crippen molar-refractivity contribution in [2.45, 2.75) is 33.2 Å². The number of hydrogen-bond acceptors (Lipinski definition) is 8. The molecule has 1 N–H and O–H groups in total. The summed E-state index contributed by atoms with van der Waals surface area (Å²) in [5.41, 5.74) is 2.27. The van der Waals surface area contributed by atoms with E-state index in [0.717, 1.165) is 22.2 Å². The summed E-state index contributed by atoms with van der Waals surface area (Å²) in [7, 11) is 0. The van der Waals surface area contributed by atoms with Crippen LogP contribution >= 0.6 is 11.3 Å². The van der Waals surface area contributed by atoms with Crippen LogP contribution in [0.4, 0.5) is 5.13 Å². The average Bonchev–Trinajstić information content (AvgIpc) is 3.62. The Balaban J connectivity index is 1.67. The second kappa shape index (κ2) is 10.1. The molecule has 2 aromatic carbocycles. The number of ketones is 1. The molecule has 190 valence electrons. The van der Waals surface area contributed by atoms with Crippen LogP contribution in [0.25, 0.3) is 10.2 Å². The molecule has 3 heterocycles. The number of aryl methyl sites for hydroxylation is 1. The second-order valence-corrected chi connectivity index (χ2v) is 9.61. The van der Waals surface area contributed by atoms with Crippen LogP contribution in [0.3, 0.4) is 0 Å². The predicted molar refractivity (Wildman–Crippen MR) is 141 cm³/mol. The molecule has 2 aromatic heterocycles. The maximum absolute atomic E-state index is 13.5. The van der Waals surface area contributed by atoms with Crippen LogP contribution in [0.1, 0.15) is 48.0 Å². The van der Waals surface area contributed by atoms with Gasteiger partial charge in [0.05, 0.1) is 41.3 Å². The van der Waals surface area contributed by atoms with Gasteiger partial charge in [-0.1, -0.05) is 30.4 Å². The Bertz CT molecular complexity index is 1500. The fourth-order valence-electron chi connectivity index (χ4n) is 4.31. The first-order chi connectivity index (χ1) is 17.9. The van der Waals surface area contributed by atoms with E-state index in [0.29, 0.717) is 35.4 Å². The number of thiazole rings is 1. The van der Waals surface area contributed by atoms with Gasteiger partial charge in [-0.2, -0.15) is 0 Å². The van der Waals surface area contributed by atoms with Gasteiger partial charge >= 0.3 is 0 Å². The number of benzene rings is 2. The number of anilines is 1. The fraction of sp³-hybridized carbons (Fsp3) is 0.250. The number of nitrogens with zero attached hydrogens (tertiary/aromatic N) is 2. The minimum absolute atomic E-state index is 0.0223. The van der Waals surface area contributed by atoms with E-state index in [1.807, 2.05) is 39.0 Å². The molecule has 0 saturated heterocycles. The number of fused-ring (bicyclic) bond motifs is 1. The Hall–Kier alpha value is -4.11. The van der Waals surface area contributed by atoms with E-state index in [1.54, 1.807) is 24.3 Å². The molecule has 1 aliphatic rings. The molecule has 1 unspecified atom stereocenters. The van der Waals surface area contributed by atoms with Gasteiger partial charge in [0.15, 0.2) is 28.1 Å². The van der Waals surface area contributed by atoms with Crippen LogP contribution in [0.5, 0.6) is 11.5 Å². The lowest BCUT2D eigenvalue weighted by Gasteiger charge is -2.25. The van der Waals surface area contributed by atoms with Crippen LogP contribution in [-0.2, 0) is 4.79 Å². The minimum Gasteiger partial charge on any atom is -0.503 e. The lowest BCUT2D eigenvalue weighted by molar-refractivity contribution is -0.117. The Kier molecular flexibility index (Phi) is 6.71. The summed E-state index contributed by atoms with van der Waals surface area (Å²) >= 11 is 1.32. The number of amides is 1. The van der Waals surface area contributed by atoms with Crippen molar-refractivity contribution >= 4 is 38.4 Å². The standard InChI is InChI=1S/C28H26N2O6S/c1-4-12-35-19-11-9-17(15-21(19)34-5-2)24-23(25(31)20-7-6-13-36-20)26(32)27(33)30(24)28-29-18-10-8-16(3)14-22(18)37-28/h6-11,13-15,24,32H,4-5,12H2,1-3H3. The number of carbonyl (C=O) groups is 2. The molecule has 8 nitrogen and oxygen atoms in total. The number of aromatic nitrogens is 1. The Labute approximate surface area is 217 Å². The van der Waals surface area contributed by atoms with Crippen molar-refractivity contribution in [1.82, 2.24) is 4.98 Å². The molecule has 4 aromatic rings. The van der Waals surface area contributed by atoms with Gasteiger partial charge in [-0.25, -0.2) is 4.98 Å². The van der Waals surface area contributed by atoms with Gasteiger partial charge in [-0.15, -0.1) is 0 Å². The highest BCUT2D eigenvalue weighted by Crippen LogP contribution is 2.45. The molecule has 0 saturated carbocycles. The number of hydrogen-bond donors (Lipinski definition) is 1. The third-order valence-corrected chi connectivity index (χ3v) is 7.00. The van der Waals surface area contributed by atoms with Crippen LogP contribution < -0.4 is 14.4 Å². The number of Topliss-reactive ketones (excluding diaryl/α,β-unsaturated/α-hetero) is 1. The molecule has 0 spiro atoms. The first kappa shape index (κ1) is 24.6. The first-order valence-corrected chi connectivity index (χ1v) is 12.9. The predicted octanol–water partition coefficient (Wildman–Crippen LogP) is 6.17. The molecule has 37 heavy (non-hydrogen) atoms. The highest BCUT2D eigenvalue weighted by atomic mass is 32.1. The molecule has 0 radical (unpaired) electrons. The SMILES string of the molecule is CCCOc1ccc(C2C(C(=O)c3ccco3)=C(O)C(=O)N2c2nc3ccc(C)cc3s2)cc1OCC. The zero-order valence-corrected chi connectivity index (χ0v) is 21.5. The van der Waals surface area contributed by atoms with E-state index in [4.69, 9.17) is 13.9 Å². The monoisotopic (exact) mass is 518 g/mol. The maximum atomic E-state index is 13.5. The number of aliphatic hydroxyl groups excluding tert-OH is 1. The lowest BCUT2D eigenvalue weighted by Crippen LogP contribution is -2.31. The summed E-state index contributed by atoms with van der Waals surface area (Å²) < 4.78 is 17.9. The highest BCUT2D eigenvalue weighted by Gasteiger charge is 2.46. The van der Waals surface area contributed by atoms with E-state index in [-0.39, 0.29) is 11.3 Å². The van der Waals surface area contributed by atoms with Crippen LogP contribution in [0.2, 0.25) is 0 Å². The van der Waals surface area contributed by atoms with Crippen molar-refractivity contribution in [2.75, 3.05) is 18.1 Å². The van der Waals surface area contributed by atoms with E-state index in [1.165, 1.54) is 28.6 Å². The van der Waals surface area contributed by atoms with Crippen molar-refractivity contribution in [3.05, 3.63) is 83.0 Å². The second-order valence-electron chi connectivity index (χ2n) is 8.60. The van der Waals surface area contributed by atoms with E-state index < -0.39 is 23.5 Å². The van der Waals surface area contributed by atoms with Crippen molar-refractivity contribution in [2.24, 2.45) is 0 Å². The van der Waals surface area contributed by atoms with Gasteiger partial charge < -0.3 is 19.0 Å². The summed E-state index contributed by atoms with van der Waals surface area (Å²) in [6, 6.07) is 13.2. The van der Waals surface area contributed by atoms with E-state index in [2.05, 4.69) is 4.98 Å². The normalized spacial score (nSPS) is 15.6. The van der Waals surface area contributed by atoms with Crippen molar-refractivity contribution < 1.29 is 28.6 Å². The van der Waals surface area contributed by atoms with Crippen LogP contribution in [0.15, 0.2) is 70.5 Å². The van der Waals surface area contributed by atoms with Gasteiger partial charge in [-0.05, 0) is 67.8 Å². The molecule has 0 aliphatic carbocycles. The summed E-state index contributed by atoms with van der Waals surface area (Å²) in [5, 5.41) is 11.4. The number of ether oxygens (including phenoxy) is 2. The maximum Gasteiger partial charge on any atom is 0.296 e. The molecule has 1 aliphatic heterocycles. The Morgan fingerprint density at radius 3 is 2.70 bits per heavy atom. The smallest absolute Gasteiger partial charge is 0.296 e. The van der Waals surface area contributed by atoms with Gasteiger partial charge in [-0.3, -0.25) is 14.5 Å². The number of furan rings is 1. The molecule has 1 amide bonds. The summed E-state index contributed by atoms with van der Waals surface area (Å²) in [6.07, 6.45) is 2.20. The Morgan fingerprint density at radius 1 is 1.14 bits per heavy atom. The summed E-state index contributed by atoms with van der Waals surface area (Å²) in [5.74, 6) is -0.854. The molecule has 0 fully saturated rings. The summed E-state index contributed by atoms with van der Waals surface area (Å²) in [6.45, 7) is 6.77. The first-order valence-electron chi connectivity index (χ1n) is 12.0. The molecule has 0 bridgehead atoms. The van der Waals surface area contributed by atoms with Gasteiger partial charge in [0.25, 0.3) is 5.91 Å². The van der Waals surface area contributed by atoms with Crippen molar-refractivity contribution in [3.8, 4) is 11.5 Å². The zero-order valence-electron chi connectivity index (χ0n) is 20.7. The minimum atomic E-state index is -0.953. The fourth-order valence-corrected chi connectivity index (χ4v) is 5.40. The lowest BCUT2D eigenvalue weighted by atomic mass is 9.95. The third-order valence-electron chi connectivity index (χ3n) is 5.98. The molecule has 9 heteroatoms. The average molecular weight is 519 g/mol. The number of aliphatic hydroxyl groups is 1. The quantitative estimate of drug-likeness (QED) is 0.264. The Morgan fingerprint density at radius 2 is 1.97 bits per heavy atom. The third kappa shape index (κ3) is 4.46. The molecular formula is C28H26N2O6S. The largest absolute Gasteiger partial charge is 0.503 e. The van der Waals surface area contributed by atoms with Gasteiger partial charge in [0, 0.05) is 0 Å². The molecule has 5 rings (SSSR count). The molecular weight excluding hydrogens is 492 g/mol. The molecule has 1 atom stereocenters. The van der Waals surface area contributed by atoms with Crippen molar-refractivity contribution in [3.63, 3.8) is 0 Å². The van der Waals surface area contributed by atoms with Gasteiger partial charge in [0.1, 0.15) is 0 Å². The van der Waals surface area contributed by atoms with Crippen LogP contribution in [0, 0.1) is 6.92 Å². The van der Waals surface area contributed by atoms with E-state index >= 15 is 0 Å². The highest BCUT2D eigenvalue weighted by molar-refractivity contribution is 7.22. The zero-order chi connectivity index (χ0) is 26.1.